The SMILES string of the molecule is CN=C(NCC1CCN(Cc2ccccc2Cl)CC1)NC(C)COC1CCOC1.I. The summed E-state index contributed by atoms with van der Waals surface area (Å²) in [6.07, 6.45) is 3.61. The zero-order valence-corrected chi connectivity index (χ0v) is 21.2. The minimum atomic E-state index is 0. The predicted octanol–water partition coefficient (Wildman–Crippen LogP) is 3.53. The average molecular weight is 551 g/mol. The summed E-state index contributed by atoms with van der Waals surface area (Å²) < 4.78 is 11.2. The van der Waals surface area contributed by atoms with Crippen molar-refractivity contribution in [1.29, 1.82) is 0 Å². The Morgan fingerprint density at radius 1 is 1.30 bits per heavy atom. The van der Waals surface area contributed by atoms with Crippen molar-refractivity contribution >= 4 is 41.5 Å². The van der Waals surface area contributed by atoms with Gasteiger partial charge >= 0.3 is 0 Å². The highest BCUT2D eigenvalue weighted by Gasteiger charge is 2.21. The van der Waals surface area contributed by atoms with E-state index >= 15 is 0 Å². The number of hydrogen-bond acceptors (Lipinski definition) is 4. The molecule has 170 valence electrons. The topological polar surface area (TPSA) is 58.1 Å². The molecular weight excluding hydrogens is 515 g/mol. The minimum Gasteiger partial charge on any atom is -0.379 e. The normalized spacial score (nSPS) is 21.8. The lowest BCUT2D eigenvalue weighted by Crippen LogP contribution is -2.47. The Balaban J connectivity index is 0.00000320. The smallest absolute Gasteiger partial charge is 0.191 e. The molecule has 0 spiro atoms. The third-order valence-corrected chi connectivity index (χ3v) is 6.06. The van der Waals surface area contributed by atoms with Crippen LogP contribution in [0.15, 0.2) is 29.3 Å². The van der Waals surface area contributed by atoms with E-state index in [2.05, 4.69) is 39.6 Å². The fourth-order valence-electron chi connectivity index (χ4n) is 3.85. The number of nitrogens with zero attached hydrogens (tertiary/aromatic N) is 2. The highest BCUT2D eigenvalue weighted by Crippen LogP contribution is 2.22. The van der Waals surface area contributed by atoms with Crippen LogP contribution < -0.4 is 10.6 Å². The molecule has 1 aromatic carbocycles. The van der Waals surface area contributed by atoms with Gasteiger partial charge in [-0.15, -0.1) is 24.0 Å². The van der Waals surface area contributed by atoms with Crippen LogP contribution in [-0.2, 0) is 16.0 Å². The van der Waals surface area contributed by atoms with Crippen molar-refractivity contribution < 1.29 is 9.47 Å². The standard InChI is InChI=1S/C22H35ClN4O2.HI/c1-17(15-29-20-9-12-28-16-20)26-22(24-2)25-13-18-7-10-27(11-8-18)14-19-5-3-4-6-21(19)23;/h3-6,17-18,20H,7-16H2,1-2H3,(H2,24,25,26);1H. The van der Waals surface area contributed by atoms with Gasteiger partial charge in [-0.05, 0) is 56.8 Å². The molecule has 0 bridgehead atoms. The first-order valence-electron chi connectivity index (χ1n) is 10.8. The van der Waals surface area contributed by atoms with Crippen LogP contribution in [0.5, 0.6) is 0 Å². The van der Waals surface area contributed by atoms with Crippen molar-refractivity contribution in [3.05, 3.63) is 34.9 Å². The molecule has 2 atom stereocenters. The van der Waals surface area contributed by atoms with Gasteiger partial charge in [0.05, 0.1) is 19.3 Å². The van der Waals surface area contributed by atoms with Gasteiger partial charge in [0.2, 0.25) is 0 Å². The summed E-state index contributed by atoms with van der Waals surface area (Å²) in [6.45, 7) is 8.41. The number of benzene rings is 1. The summed E-state index contributed by atoms with van der Waals surface area (Å²) in [5.41, 5.74) is 1.22. The maximum absolute atomic E-state index is 6.30. The Kier molecular flexibility index (Phi) is 11.7. The van der Waals surface area contributed by atoms with Gasteiger partial charge in [0.1, 0.15) is 0 Å². The van der Waals surface area contributed by atoms with E-state index in [1.54, 1.807) is 0 Å². The van der Waals surface area contributed by atoms with Gasteiger partial charge in [-0.3, -0.25) is 9.89 Å². The predicted molar refractivity (Wildman–Crippen MR) is 134 cm³/mol. The maximum atomic E-state index is 6.30. The molecule has 6 nitrogen and oxygen atoms in total. The largest absolute Gasteiger partial charge is 0.379 e. The highest BCUT2D eigenvalue weighted by molar-refractivity contribution is 14.0. The van der Waals surface area contributed by atoms with E-state index in [4.69, 9.17) is 21.1 Å². The summed E-state index contributed by atoms with van der Waals surface area (Å²) in [6, 6.07) is 8.35. The molecule has 2 unspecified atom stereocenters. The lowest BCUT2D eigenvalue weighted by molar-refractivity contribution is 0.0347. The number of aliphatic imine (C=N–C) groups is 1. The molecular formula is C22H36ClIN4O2. The summed E-state index contributed by atoms with van der Waals surface area (Å²) in [4.78, 5) is 6.86. The lowest BCUT2D eigenvalue weighted by Gasteiger charge is -2.32. The van der Waals surface area contributed by atoms with Gasteiger partial charge < -0.3 is 20.1 Å². The van der Waals surface area contributed by atoms with E-state index < -0.39 is 0 Å². The first kappa shape index (κ1) is 25.6. The first-order chi connectivity index (χ1) is 14.1. The summed E-state index contributed by atoms with van der Waals surface area (Å²) >= 11 is 6.30. The van der Waals surface area contributed by atoms with E-state index in [0.717, 1.165) is 56.8 Å². The number of nitrogens with one attached hydrogen (secondary N) is 2. The third kappa shape index (κ3) is 8.49. The van der Waals surface area contributed by atoms with Gasteiger partial charge in [0.25, 0.3) is 0 Å². The van der Waals surface area contributed by atoms with Crippen LogP contribution in [0.25, 0.3) is 0 Å². The third-order valence-electron chi connectivity index (χ3n) is 5.69. The summed E-state index contributed by atoms with van der Waals surface area (Å²) in [5.74, 6) is 1.51. The van der Waals surface area contributed by atoms with Crippen molar-refractivity contribution in [3.63, 3.8) is 0 Å². The maximum Gasteiger partial charge on any atom is 0.191 e. The second kappa shape index (κ2) is 13.7. The molecule has 2 aliphatic rings. The van der Waals surface area contributed by atoms with Crippen LogP contribution in [-0.4, -0.2) is 69.5 Å². The monoisotopic (exact) mass is 550 g/mol. The fourth-order valence-corrected chi connectivity index (χ4v) is 4.05. The summed E-state index contributed by atoms with van der Waals surface area (Å²) in [5, 5.41) is 7.78. The zero-order chi connectivity index (χ0) is 20.5. The van der Waals surface area contributed by atoms with Gasteiger partial charge in [-0.25, -0.2) is 0 Å². The van der Waals surface area contributed by atoms with E-state index in [1.807, 2.05) is 19.2 Å². The first-order valence-corrected chi connectivity index (χ1v) is 11.1. The molecule has 8 heteroatoms. The number of piperidine rings is 1. The van der Waals surface area contributed by atoms with Crippen LogP contribution in [0.4, 0.5) is 0 Å². The fraction of sp³-hybridized carbons (Fsp3) is 0.682. The van der Waals surface area contributed by atoms with Gasteiger partial charge in [0, 0.05) is 37.8 Å². The Hall–Kier alpha value is -0.610. The number of rotatable bonds is 8. The molecule has 2 heterocycles. The van der Waals surface area contributed by atoms with Gasteiger partial charge in [0.15, 0.2) is 5.96 Å². The molecule has 0 aliphatic carbocycles. The Morgan fingerprint density at radius 3 is 2.73 bits per heavy atom. The molecule has 0 radical (unpaired) electrons. The molecule has 2 aliphatic heterocycles. The summed E-state index contributed by atoms with van der Waals surface area (Å²) in [7, 11) is 1.82. The molecule has 3 rings (SSSR count). The van der Waals surface area contributed by atoms with E-state index in [0.29, 0.717) is 12.5 Å². The molecule has 0 saturated carbocycles. The minimum absolute atomic E-state index is 0. The van der Waals surface area contributed by atoms with Crippen molar-refractivity contribution in [2.75, 3.05) is 46.5 Å². The van der Waals surface area contributed by atoms with Crippen molar-refractivity contribution in [1.82, 2.24) is 15.5 Å². The zero-order valence-electron chi connectivity index (χ0n) is 18.1. The second-order valence-electron chi connectivity index (χ2n) is 8.13. The Bertz CT molecular complexity index is 650. The molecule has 30 heavy (non-hydrogen) atoms. The van der Waals surface area contributed by atoms with Crippen LogP contribution in [0.2, 0.25) is 5.02 Å². The molecule has 2 N–H and O–H groups in total. The van der Waals surface area contributed by atoms with Crippen LogP contribution >= 0.6 is 35.6 Å². The molecule has 2 saturated heterocycles. The van der Waals surface area contributed by atoms with Crippen LogP contribution in [0, 0.1) is 5.92 Å². The second-order valence-corrected chi connectivity index (χ2v) is 8.54. The molecule has 2 fully saturated rings. The van der Waals surface area contributed by atoms with Crippen LogP contribution in [0.3, 0.4) is 0 Å². The van der Waals surface area contributed by atoms with Gasteiger partial charge in [-0.1, -0.05) is 29.8 Å². The average Bonchev–Trinajstić information content (AvgIpc) is 3.26. The Labute approximate surface area is 203 Å². The number of ether oxygens (including phenoxy) is 2. The van der Waals surface area contributed by atoms with Gasteiger partial charge in [-0.2, -0.15) is 0 Å². The quantitative estimate of drug-likeness (QED) is 0.295. The highest BCUT2D eigenvalue weighted by atomic mass is 127. The van der Waals surface area contributed by atoms with Crippen molar-refractivity contribution in [2.45, 2.75) is 44.9 Å². The van der Waals surface area contributed by atoms with Crippen molar-refractivity contribution in [2.24, 2.45) is 10.9 Å². The molecule has 1 aromatic rings. The molecule has 0 amide bonds. The number of guanidine groups is 1. The van der Waals surface area contributed by atoms with Crippen molar-refractivity contribution in [3.8, 4) is 0 Å². The number of hydrogen-bond donors (Lipinski definition) is 2. The van der Waals surface area contributed by atoms with E-state index in [-0.39, 0.29) is 36.1 Å². The number of halogens is 2. The van der Waals surface area contributed by atoms with E-state index in [1.165, 1.54) is 18.4 Å². The number of likely N-dealkylation sites (tertiary alicyclic amines) is 1. The molecule has 0 aromatic heterocycles. The van der Waals surface area contributed by atoms with Crippen LogP contribution in [0.1, 0.15) is 31.7 Å². The Morgan fingerprint density at radius 2 is 2.07 bits per heavy atom. The lowest BCUT2D eigenvalue weighted by atomic mass is 9.96. The van der Waals surface area contributed by atoms with E-state index in [9.17, 15) is 0 Å².